The van der Waals surface area contributed by atoms with Crippen LogP contribution in [0.1, 0.15) is 31.9 Å². The molecule has 0 bridgehead atoms. The summed E-state index contributed by atoms with van der Waals surface area (Å²) in [6, 6.07) is 15.9. The molecule has 0 saturated heterocycles. The Morgan fingerprint density at radius 2 is 1.88 bits per heavy atom. The Labute approximate surface area is 148 Å². The monoisotopic (exact) mass is 342 g/mol. The molecule has 126 valence electrons. The molecular formula is C19H22N2O2S. The van der Waals surface area contributed by atoms with Gasteiger partial charge in [0.05, 0.1) is 13.2 Å². The summed E-state index contributed by atoms with van der Waals surface area (Å²) in [6.07, 6.45) is 0.842. The summed E-state index contributed by atoms with van der Waals surface area (Å²) in [5.41, 5.74) is 1.82. The second-order valence-corrected chi connectivity index (χ2v) is 6.89. The lowest BCUT2D eigenvalue weighted by molar-refractivity contribution is 0.0697. The molecule has 1 aliphatic heterocycles. The third-order valence-corrected chi connectivity index (χ3v) is 4.25. The van der Waals surface area contributed by atoms with E-state index >= 15 is 0 Å². The molecule has 0 spiro atoms. The van der Waals surface area contributed by atoms with Crippen LogP contribution < -0.4 is 20.1 Å². The van der Waals surface area contributed by atoms with Crippen molar-refractivity contribution in [3.05, 3.63) is 54.1 Å². The highest BCUT2D eigenvalue weighted by Crippen LogP contribution is 2.39. The summed E-state index contributed by atoms with van der Waals surface area (Å²) in [4.78, 5) is 0. The lowest BCUT2D eigenvalue weighted by atomic mass is 9.90. The fraction of sp³-hybridized carbons (Fsp3) is 0.316. The zero-order valence-electron chi connectivity index (χ0n) is 14.1. The van der Waals surface area contributed by atoms with E-state index in [0.29, 0.717) is 5.11 Å². The van der Waals surface area contributed by atoms with Crippen LogP contribution in [0.15, 0.2) is 48.5 Å². The molecule has 2 aromatic rings. The van der Waals surface area contributed by atoms with Crippen molar-refractivity contribution in [2.24, 2.45) is 0 Å². The average molecular weight is 342 g/mol. The van der Waals surface area contributed by atoms with E-state index in [1.165, 1.54) is 0 Å². The number of nitrogens with one attached hydrogen (secondary N) is 2. The van der Waals surface area contributed by atoms with Crippen LogP contribution in [0.5, 0.6) is 11.5 Å². The van der Waals surface area contributed by atoms with Gasteiger partial charge < -0.3 is 20.1 Å². The molecule has 0 radical (unpaired) electrons. The van der Waals surface area contributed by atoms with Crippen molar-refractivity contribution in [1.82, 2.24) is 5.32 Å². The average Bonchev–Trinajstić information content (AvgIpc) is 2.54. The number of para-hydroxylation sites is 1. The highest BCUT2D eigenvalue weighted by atomic mass is 32.1. The maximum absolute atomic E-state index is 6.06. The van der Waals surface area contributed by atoms with Crippen molar-refractivity contribution in [3.8, 4) is 11.5 Å². The molecular weight excluding hydrogens is 320 g/mol. The van der Waals surface area contributed by atoms with Crippen molar-refractivity contribution in [2.75, 3.05) is 12.4 Å². The first-order valence-electron chi connectivity index (χ1n) is 7.96. The first kappa shape index (κ1) is 16.6. The predicted octanol–water partition coefficient (Wildman–Crippen LogP) is 4.28. The Morgan fingerprint density at radius 1 is 1.17 bits per heavy atom. The minimum absolute atomic E-state index is 0.114. The van der Waals surface area contributed by atoms with Gasteiger partial charge in [-0.05, 0) is 56.4 Å². The Hall–Kier alpha value is -2.27. The minimum atomic E-state index is -0.234. The van der Waals surface area contributed by atoms with E-state index in [9.17, 15) is 0 Å². The van der Waals surface area contributed by atoms with Gasteiger partial charge >= 0.3 is 0 Å². The Kier molecular flexibility index (Phi) is 4.62. The van der Waals surface area contributed by atoms with Gasteiger partial charge in [-0.3, -0.25) is 0 Å². The highest BCUT2D eigenvalue weighted by Gasteiger charge is 2.33. The van der Waals surface area contributed by atoms with E-state index < -0.39 is 0 Å². The number of thiocarbonyl (C=S) groups is 1. The molecule has 4 nitrogen and oxygen atoms in total. The maximum atomic E-state index is 6.06. The number of anilines is 1. The van der Waals surface area contributed by atoms with Crippen LogP contribution in [0.25, 0.3) is 0 Å². The van der Waals surface area contributed by atoms with E-state index in [0.717, 1.165) is 29.2 Å². The Morgan fingerprint density at radius 3 is 2.58 bits per heavy atom. The molecule has 2 N–H and O–H groups in total. The number of rotatable bonds is 3. The topological polar surface area (TPSA) is 42.5 Å². The van der Waals surface area contributed by atoms with Crippen LogP contribution >= 0.6 is 12.2 Å². The van der Waals surface area contributed by atoms with Crippen LogP contribution in [0, 0.1) is 0 Å². The Bertz CT molecular complexity index is 728. The zero-order chi connectivity index (χ0) is 17.2. The summed E-state index contributed by atoms with van der Waals surface area (Å²) < 4.78 is 11.2. The summed E-state index contributed by atoms with van der Waals surface area (Å²) in [6.45, 7) is 4.19. The third-order valence-electron chi connectivity index (χ3n) is 4.03. The molecule has 1 aliphatic rings. The first-order chi connectivity index (χ1) is 11.5. The quantitative estimate of drug-likeness (QED) is 0.815. The molecule has 0 saturated carbocycles. The molecule has 24 heavy (non-hydrogen) atoms. The summed E-state index contributed by atoms with van der Waals surface area (Å²) in [5, 5.41) is 7.23. The molecule has 0 amide bonds. The third kappa shape index (κ3) is 3.79. The van der Waals surface area contributed by atoms with E-state index in [1.54, 1.807) is 7.11 Å². The highest BCUT2D eigenvalue weighted by molar-refractivity contribution is 7.80. The van der Waals surface area contributed by atoms with Crippen molar-refractivity contribution in [2.45, 2.75) is 31.9 Å². The van der Waals surface area contributed by atoms with Gasteiger partial charge in [0, 0.05) is 17.7 Å². The van der Waals surface area contributed by atoms with Gasteiger partial charge in [0.2, 0.25) is 0 Å². The summed E-state index contributed by atoms with van der Waals surface area (Å²) >= 11 is 5.49. The lowest BCUT2D eigenvalue weighted by Crippen LogP contribution is -2.42. The second-order valence-electron chi connectivity index (χ2n) is 6.48. The van der Waals surface area contributed by atoms with Gasteiger partial charge in [0.25, 0.3) is 0 Å². The normalized spacial score (nSPS) is 18.0. The minimum Gasteiger partial charge on any atom is -0.497 e. The number of methoxy groups -OCH3 is 1. The van der Waals surface area contributed by atoms with Gasteiger partial charge in [0.1, 0.15) is 17.1 Å². The molecule has 5 heteroatoms. The summed E-state index contributed by atoms with van der Waals surface area (Å²) in [7, 11) is 1.65. The van der Waals surface area contributed by atoms with Gasteiger partial charge in [0.15, 0.2) is 5.11 Å². The number of benzene rings is 2. The summed E-state index contributed by atoms with van der Waals surface area (Å²) in [5.74, 6) is 1.73. The van der Waals surface area contributed by atoms with Crippen LogP contribution in [0.3, 0.4) is 0 Å². The molecule has 0 unspecified atom stereocenters. The smallest absolute Gasteiger partial charge is 0.171 e. The molecule has 0 aromatic heterocycles. The zero-order valence-corrected chi connectivity index (χ0v) is 14.9. The molecule has 2 aromatic carbocycles. The fourth-order valence-corrected chi connectivity index (χ4v) is 3.19. The van der Waals surface area contributed by atoms with E-state index in [2.05, 4.69) is 30.5 Å². The molecule has 3 rings (SSSR count). The number of ether oxygens (including phenoxy) is 2. The molecule has 0 aliphatic carbocycles. The van der Waals surface area contributed by atoms with Crippen molar-refractivity contribution < 1.29 is 9.47 Å². The van der Waals surface area contributed by atoms with Gasteiger partial charge in [-0.25, -0.2) is 0 Å². The van der Waals surface area contributed by atoms with E-state index in [1.807, 2.05) is 42.5 Å². The van der Waals surface area contributed by atoms with Crippen LogP contribution in [-0.2, 0) is 0 Å². The van der Waals surface area contributed by atoms with E-state index in [4.69, 9.17) is 21.7 Å². The number of fused-ring (bicyclic) bond motifs is 1. The standard InChI is InChI=1S/C19H22N2O2S/c1-19(2)12-16(15-6-4-5-7-17(15)23-19)21-18(24)20-13-8-10-14(22-3)11-9-13/h4-11,16H,12H2,1-3H3,(H2,20,21,24)/t16-/m0/s1. The van der Waals surface area contributed by atoms with Crippen molar-refractivity contribution in [3.63, 3.8) is 0 Å². The molecule has 1 atom stereocenters. The Balaban J connectivity index is 1.71. The van der Waals surface area contributed by atoms with Gasteiger partial charge in [-0.1, -0.05) is 18.2 Å². The fourth-order valence-electron chi connectivity index (χ4n) is 2.93. The van der Waals surface area contributed by atoms with Crippen LogP contribution in [-0.4, -0.2) is 17.8 Å². The lowest BCUT2D eigenvalue weighted by Gasteiger charge is -2.38. The van der Waals surface area contributed by atoms with Gasteiger partial charge in [-0.2, -0.15) is 0 Å². The predicted molar refractivity (Wildman–Crippen MR) is 101 cm³/mol. The SMILES string of the molecule is COc1ccc(NC(=S)N[C@H]2CC(C)(C)Oc3ccccc32)cc1. The van der Waals surface area contributed by atoms with Crippen LogP contribution in [0.4, 0.5) is 5.69 Å². The van der Waals surface area contributed by atoms with Gasteiger partial charge in [-0.15, -0.1) is 0 Å². The van der Waals surface area contributed by atoms with E-state index in [-0.39, 0.29) is 11.6 Å². The largest absolute Gasteiger partial charge is 0.497 e. The first-order valence-corrected chi connectivity index (χ1v) is 8.37. The van der Waals surface area contributed by atoms with Crippen LogP contribution in [0.2, 0.25) is 0 Å². The maximum Gasteiger partial charge on any atom is 0.171 e. The number of hydrogen-bond acceptors (Lipinski definition) is 3. The molecule has 0 fully saturated rings. The number of hydrogen-bond donors (Lipinski definition) is 2. The van der Waals surface area contributed by atoms with Crippen molar-refractivity contribution >= 4 is 23.0 Å². The molecule has 1 heterocycles. The second kappa shape index (κ2) is 6.69. The van der Waals surface area contributed by atoms with Crippen molar-refractivity contribution in [1.29, 1.82) is 0 Å².